The molecule has 4 heteroatoms. The van der Waals surface area contributed by atoms with E-state index in [1.807, 2.05) is 55.0 Å². The molecule has 3 heterocycles. The molecule has 11 aromatic rings. The zero-order valence-corrected chi connectivity index (χ0v) is 41.5. The molecule has 0 N–H and O–H groups in total. The Labute approximate surface area is 431 Å². The molecule has 0 bridgehead atoms. The van der Waals surface area contributed by atoms with Crippen molar-refractivity contribution in [2.45, 2.75) is 25.7 Å². The van der Waals surface area contributed by atoms with Gasteiger partial charge in [0.25, 0.3) is 0 Å². The van der Waals surface area contributed by atoms with Gasteiger partial charge in [-0.05, 0) is 98.2 Å². The van der Waals surface area contributed by atoms with Gasteiger partial charge in [-0.1, -0.05) is 187 Å². The fourth-order valence-corrected chi connectivity index (χ4v) is 9.30. The van der Waals surface area contributed by atoms with Crippen molar-refractivity contribution in [3.8, 4) is 89.4 Å². The molecular formula is C67H48IrN3. The topological polar surface area (TPSA) is 38.7 Å². The van der Waals surface area contributed by atoms with Gasteiger partial charge in [0, 0.05) is 18.6 Å². The Kier molecular flexibility index (Phi) is 14.5. The van der Waals surface area contributed by atoms with E-state index in [0.29, 0.717) is 0 Å². The molecule has 3 nitrogen and oxygen atoms in total. The summed E-state index contributed by atoms with van der Waals surface area (Å²) in [5.41, 5.74) is 22.4. The van der Waals surface area contributed by atoms with E-state index in [1.54, 1.807) is 0 Å². The van der Waals surface area contributed by atoms with Crippen LogP contribution in [0.4, 0.5) is 0 Å². The first-order valence-corrected chi connectivity index (χ1v) is 24.0. The second-order valence-electron chi connectivity index (χ2n) is 17.6. The van der Waals surface area contributed by atoms with E-state index >= 15 is 0 Å². The maximum absolute atomic E-state index is 4.88. The average molecular weight is 1090 g/mol. The van der Waals surface area contributed by atoms with E-state index in [1.165, 1.54) is 44.5 Å². The van der Waals surface area contributed by atoms with Crippen molar-refractivity contribution < 1.29 is 20.1 Å². The minimum atomic E-state index is 0. The Hall–Kier alpha value is -8.14. The molecule has 71 heavy (non-hydrogen) atoms. The van der Waals surface area contributed by atoms with Crippen LogP contribution in [0.5, 0.6) is 0 Å². The molecule has 0 saturated carbocycles. The fraction of sp³-hybridized carbons (Fsp3) is 0.0597. The molecule has 0 spiro atoms. The van der Waals surface area contributed by atoms with Crippen molar-refractivity contribution in [2.75, 3.05) is 0 Å². The van der Waals surface area contributed by atoms with E-state index in [2.05, 4.69) is 216 Å². The molecule has 0 amide bonds. The minimum Gasteiger partial charge on any atom is -0.305 e. The van der Waals surface area contributed by atoms with Crippen LogP contribution in [0.15, 0.2) is 243 Å². The number of hydrogen-bond acceptors (Lipinski definition) is 3. The summed E-state index contributed by atoms with van der Waals surface area (Å²) in [6.45, 7) is 0. The van der Waals surface area contributed by atoms with Crippen LogP contribution in [-0.2, 0) is 45.8 Å². The predicted molar refractivity (Wildman–Crippen MR) is 288 cm³/mol. The van der Waals surface area contributed by atoms with Crippen molar-refractivity contribution in [1.29, 1.82) is 0 Å². The normalized spacial score (nSPS) is 10.9. The number of nitrogens with zero attached hydrogens (tertiary/aromatic N) is 3. The Morgan fingerprint density at radius 2 is 0.761 bits per heavy atom. The molecule has 3 aromatic heterocycles. The van der Waals surface area contributed by atoms with Crippen LogP contribution < -0.4 is 0 Å². The predicted octanol–water partition coefficient (Wildman–Crippen LogP) is 16.2. The molecule has 0 aliphatic rings. The van der Waals surface area contributed by atoms with Crippen LogP contribution in [0.1, 0.15) is 22.3 Å². The number of benzene rings is 8. The second kappa shape index (κ2) is 22.1. The molecule has 11 rings (SSSR count). The Bertz CT molecular complexity index is 3380. The standard InChI is InChI=1S/C67H48N3.Ir/c1-3-13-52(14-4-1)54-33-35-55(36-34-54)64-46-59(67-47-58(39-42-70-67)53-15-5-2-6-16-53)37-38-63(64)62-18-8-7-17-61(62)60-44-50(23-21-48-25-29-56(30-26-48)65-19-9-11-40-68-65)43-51(45-60)24-22-49-27-31-57(32-28-49)66-20-10-12-41-69-66;/h1-20,25-29,31,33-36,38-47H,21-24H2;/q-3;+3. The van der Waals surface area contributed by atoms with Gasteiger partial charge in [-0.25, -0.2) is 0 Å². The minimum absolute atomic E-state index is 0. The summed E-state index contributed by atoms with van der Waals surface area (Å²) < 4.78 is 0. The molecule has 0 unspecified atom stereocenters. The van der Waals surface area contributed by atoms with Crippen molar-refractivity contribution in [3.05, 3.63) is 283 Å². The first-order valence-electron chi connectivity index (χ1n) is 24.0. The quantitative estimate of drug-likeness (QED) is 0.102. The number of aromatic nitrogens is 3. The van der Waals surface area contributed by atoms with Crippen LogP contribution in [0.2, 0.25) is 0 Å². The molecule has 0 aliphatic carbocycles. The Balaban J connectivity index is 0.00000582. The first-order chi connectivity index (χ1) is 34.7. The molecule has 0 radical (unpaired) electrons. The molecule has 8 aromatic carbocycles. The van der Waals surface area contributed by atoms with Gasteiger partial charge in [-0.3, -0.25) is 0 Å². The Morgan fingerprint density at radius 3 is 1.32 bits per heavy atom. The van der Waals surface area contributed by atoms with Gasteiger partial charge in [0.2, 0.25) is 0 Å². The van der Waals surface area contributed by atoms with Crippen molar-refractivity contribution in [2.24, 2.45) is 0 Å². The zero-order chi connectivity index (χ0) is 46.9. The number of aryl methyl sites for hydroxylation is 4. The SMILES string of the molecule is [Ir+3].[c-]1cc(CCc2cc(CCc3c[c-]c(-c4ccccn4)cc3)cc(-c3ccccc3-c3c[c-]c(-c4cc(-c5ccccc5)ccn4)cc3-c3ccc(-c4ccccc4)cc3)c2)ccc1-c1ccccn1. The van der Waals surface area contributed by atoms with Crippen LogP contribution in [-0.4, -0.2) is 15.0 Å². The maximum Gasteiger partial charge on any atom is 3.00 e. The van der Waals surface area contributed by atoms with Crippen LogP contribution in [0.25, 0.3) is 89.4 Å². The zero-order valence-electron chi connectivity index (χ0n) is 39.1. The van der Waals surface area contributed by atoms with Crippen molar-refractivity contribution in [3.63, 3.8) is 0 Å². The molecular weight excluding hydrogens is 1040 g/mol. The monoisotopic (exact) mass is 1090 g/mol. The first kappa shape index (κ1) is 46.6. The Morgan fingerprint density at radius 1 is 0.268 bits per heavy atom. The summed E-state index contributed by atoms with van der Waals surface area (Å²) in [6, 6.07) is 90.4. The van der Waals surface area contributed by atoms with Gasteiger partial charge in [-0.15, -0.1) is 94.5 Å². The molecule has 0 saturated heterocycles. The third-order valence-electron chi connectivity index (χ3n) is 13.0. The van der Waals surface area contributed by atoms with Gasteiger partial charge in [0.15, 0.2) is 0 Å². The number of rotatable bonds is 14. The summed E-state index contributed by atoms with van der Waals surface area (Å²) in [5, 5.41) is 0. The van der Waals surface area contributed by atoms with E-state index in [0.717, 1.165) is 92.8 Å². The van der Waals surface area contributed by atoms with E-state index < -0.39 is 0 Å². The van der Waals surface area contributed by atoms with Crippen LogP contribution in [0, 0.1) is 18.2 Å². The summed E-state index contributed by atoms with van der Waals surface area (Å²) in [5.74, 6) is 0. The number of pyridine rings is 3. The van der Waals surface area contributed by atoms with E-state index in [4.69, 9.17) is 4.98 Å². The average Bonchev–Trinajstić information content (AvgIpc) is 3.45. The molecule has 0 atom stereocenters. The maximum atomic E-state index is 4.88. The fourth-order valence-electron chi connectivity index (χ4n) is 9.30. The second-order valence-corrected chi connectivity index (χ2v) is 17.6. The van der Waals surface area contributed by atoms with Crippen molar-refractivity contribution in [1.82, 2.24) is 15.0 Å². The summed E-state index contributed by atoms with van der Waals surface area (Å²) in [7, 11) is 0. The molecule has 340 valence electrons. The van der Waals surface area contributed by atoms with Gasteiger partial charge in [-0.2, -0.15) is 0 Å². The summed E-state index contributed by atoms with van der Waals surface area (Å²) >= 11 is 0. The third kappa shape index (κ3) is 11.0. The van der Waals surface area contributed by atoms with Gasteiger partial charge in [0.05, 0.1) is 0 Å². The van der Waals surface area contributed by atoms with Gasteiger partial charge in [0.1, 0.15) is 0 Å². The molecule has 0 fully saturated rings. The van der Waals surface area contributed by atoms with Crippen LogP contribution in [0.3, 0.4) is 0 Å². The summed E-state index contributed by atoms with van der Waals surface area (Å²) in [6.07, 6.45) is 9.14. The van der Waals surface area contributed by atoms with E-state index in [9.17, 15) is 0 Å². The van der Waals surface area contributed by atoms with Crippen LogP contribution >= 0.6 is 0 Å². The largest absolute Gasteiger partial charge is 3.00 e. The third-order valence-corrected chi connectivity index (χ3v) is 13.0. The summed E-state index contributed by atoms with van der Waals surface area (Å²) in [4.78, 5) is 14.0. The van der Waals surface area contributed by atoms with Gasteiger partial charge < -0.3 is 15.0 Å². The van der Waals surface area contributed by atoms with Gasteiger partial charge >= 0.3 is 20.1 Å². The van der Waals surface area contributed by atoms with Crippen molar-refractivity contribution >= 4 is 0 Å². The molecule has 0 aliphatic heterocycles. The smallest absolute Gasteiger partial charge is 0.305 e. The van der Waals surface area contributed by atoms with E-state index in [-0.39, 0.29) is 20.1 Å². The number of hydrogen-bond donors (Lipinski definition) is 0.